The van der Waals surface area contributed by atoms with E-state index in [1.54, 1.807) is 0 Å². The third kappa shape index (κ3) is 4.77. The van der Waals surface area contributed by atoms with Gasteiger partial charge < -0.3 is 15.7 Å². The zero-order chi connectivity index (χ0) is 16.0. The molecule has 116 valence electrons. The van der Waals surface area contributed by atoms with Crippen molar-refractivity contribution in [1.29, 1.82) is 0 Å². The predicted molar refractivity (Wildman–Crippen MR) is 83.4 cm³/mol. The number of aryl methyl sites for hydroxylation is 2. The number of hydrogen-bond acceptors (Lipinski definition) is 3. The predicted octanol–water partition coefficient (Wildman–Crippen LogP) is 2.33. The summed E-state index contributed by atoms with van der Waals surface area (Å²) in [5.74, 6) is -1.42. The molecule has 1 aromatic rings. The summed E-state index contributed by atoms with van der Waals surface area (Å²) in [6.07, 6.45) is 0.696. The molecule has 21 heavy (non-hydrogen) atoms. The Bertz CT molecular complexity index is 494. The maximum absolute atomic E-state index is 11.9. The zero-order valence-electron chi connectivity index (χ0n) is 13.1. The maximum Gasteiger partial charge on any atom is 0.326 e. The molecule has 0 bridgehead atoms. The Labute approximate surface area is 125 Å². The highest BCUT2D eigenvalue weighted by molar-refractivity contribution is 5.86. The van der Waals surface area contributed by atoms with Gasteiger partial charge in [0.2, 0.25) is 5.91 Å². The van der Waals surface area contributed by atoms with Crippen LogP contribution >= 0.6 is 0 Å². The number of carboxylic acids is 1. The summed E-state index contributed by atoms with van der Waals surface area (Å²) in [7, 11) is 0. The summed E-state index contributed by atoms with van der Waals surface area (Å²) >= 11 is 0. The van der Waals surface area contributed by atoms with Gasteiger partial charge in [0.15, 0.2) is 0 Å². The minimum atomic E-state index is -0.996. The lowest BCUT2D eigenvalue weighted by Gasteiger charge is -2.20. The van der Waals surface area contributed by atoms with Crippen molar-refractivity contribution in [2.45, 2.75) is 40.2 Å². The molecule has 0 aliphatic heterocycles. The van der Waals surface area contributed by atoms with Crippen molar-refractivity contribution in [2.24, 2.45) is 5.92 Å². The van der Waals surface area contributed by atoms with E-state index in [-0.39, 0.29) is 18.4 Å². The number of para-hydroxylation sites is 1. The van der Waals surface area contributed by atoms with E-state index in [1.807, 2.05) is 45.9 Å². The molecular weight excluding hydrogens is 268 g/mol. The van der Waals surface area contributed by atoms with Crippen LogP contribution in [-0.2, 0) is 9.59 Å². The SMILES string of the molecule is CC[C@H](C)[C@H](NC(=O)CNc1c(C)cccc1C)C(=O)O. The Morgan fingerprint density at radius 2 is 1.81 bits per heavy atom. The molecule has 0 fully saturated rings. The summed E-state index contributed by atoms with van der Waals surface area (Å²) in [5.41, 5.74) is 3.03. The van der Waals surface area contributed by atoms with Crippen LogP contribution in [-0.4, -0.2) is 29.6 Å². The van der Waals surface area contributed by atoms with Crippen molar-refractivity contribution in [3.05, 3.63) is 29.3 Å². The number of amides is 1. The van der Waals surface area contributed by atoms with E-state index in [0.29, 0.717) is 6.42 Å². The lowest BCUT2D eigenvalue weighted by molar-refractivity contribution is -0.143. The van der Waals surface area contributed by atoms with Gasteiger partial charge in [-0.25, -0.2) is 4.79 Å². The topological polar surface area (TPSA) is 78.4 Å². The first-order valence-corrected chi connectivity index (χ1v) is 7.19. The standard InChI is InChI=1S/C16H24N2O3/c1-5-10(2)15(16(20)21)18-13(19)9-17-14-11(3)7-6-8-12(14)4/h6-8,10,15,17H,5,9H2,1-4H3,(H,18,19)(H,20,21)/t10-,15-/m0/s1. The monoisotopic (exact) mass is 292 g/mol. The van der Waals surface area contributed by atoms with Crippen LogP contribution in [0.5, 0.6) is 0 Å². The smallest absolute Gasteiger partial charge is 0.326 e. The fourth-order valence-corrected chi connectivity index (χ4v) is 2.17. The number of benzene rings is 1. The van der Waals surface area contributed by atoms with E-state index in [2.05, 4.69) is 10.6 Å². The highest BCUT2D eigenvalue weighted by Crippen LogP contribution is 2.18. The molecule has 5 heteroatoms. The van der Waals surface area contributed by atoms with Crippen molar-refractivity contribution >= 4 is 17.6 Å². The molecule has 1 amide bonds. The van der Waals surface area contributed by atoms with Gasteiger partial charge in [0.1, 0.15) is 6.04 Å². The van der Waals surface area contributed by atoms with E-state index in [9.17, 15) is 9.59 Å². The van der Waals surface area contributed by atoms with Crippen molar-refractivity contribution in [3.63, 3.8) is 0 Å². The molecule has 0 saturated carbocycles. The average Bonchev–Trinajstić information content (AvgIpc) is 2.43. The molecule has 3 N–H and O–H groups in total. The van der Waals surface area contributed by atoms with Crippen LogP contribution in [0.25, 0.3) is 0 Å². The molecule has 0 aromatic heterocycles. The Morgan fingerprint density at radius 1 is 1.24 bits per heavy atom. The molecule has 0 unspecified atom stereocenters. The Hall–Kier alpha value is -2.04. The summed E-state index contributed by atoms with van der Waals surface area (Å²) in [6.45, 7) is 7.71. The van der Waals surface area contributed by atoms with Gasteiger partial charge in [0.25, 0.3) is 0 Å². The van der Waals surface area contributed by atoms with Crippen LogP contribution in [0.15, 0.2) is 18.2 Å². The quantitative estimate of drug-likeness (QED) is 0.720. The van der Waals surface area contributed by atoms with Crippen LogP contribution in [0.3, 0.4) is 0 Å². The average molecular weight is 292 g/mol. The van der Waals surface area contributed by atoms with Gasteiger partial charge in [-0.05, 0) is 30.9 Å². The van der Waals surface area contributed by atoms with Gasteiger partial charge in [0.05, 0.1) is 6.54 Å². The van der Waals surface area contributed by atoms with E-state index in [4.69, 9.17) is 5.11 Å². The highest BCUT2D eigenvalue weighted by atomic mass is 16.4. The molecule has 0 spiro atoms. The second kappa shape index (κ2) is 7.67. The lowest BCUT2D eigenvalue weighted by atomic mass is 9.99. The first-order valence-electron chi connectivity index (χ1n) is 7.19. The number of anilines is 1. The lowest BCUT2D eigenvalue weighted by Crippen LogP contribution is -2.46. The number of carbonyl (C=O) groups excluding carboxylic acids is 1. The Balaban J connectivity index is 2.63. The van der Waals surface area contributed by atoms with Gasteiger partial charge in [-0.15, -0.1) is 0 Å². The Kier molecular flexibility index (Phi) is 6.21. The molecule has 1 aromatic carbocycles. The highest BCUT2D eigenvalue weighted by Gasteiger charge is 2.25. The molecule has 0 radical (unpaired) electrons. The van der Waals surface area contributed by atoms with Gasteiger partial charge in [-0.3, -0.25) is 4.79 Å². The molecule has 0 aliphatic rings. The normalized spacial score (nSPS) is 13.3. The van der Waals surface area contributed by atoms with Crippen LogP contribution in [0.2, 0.25) is 0 Å². The van der Waals surface area contributed by atoms with Gasteiger partial charge in [-0.2, -0.15) is 0 Å². The molecule has 0 aliphatic carbocycles. The fraction of sp³-hybridized carbons (Fsp3) is 0.500. The van der Waals surface area contributed by atoms with Gasteiger partial charge >= 0.3 is 5.97 Å². The molecular formula is C16H24N2O3. The van der Waals surface area contributed by atoms with Crippen molar-refractivity contribution in [2.75, 3.05) is 11.9 Å². The number of rotatable bonds is 7. The number of aliphatic carboxylic acids is 1. The molecule has 0 heterocycles. The number of nitrogens with one attached hydrogen (secondary N) is 2. The first-order chi connectivity index (χ1) is 9.86. The van der Waals surface area contributed by atoms with E-state index >= 15 is 0 Å². The third-order valence-corrected chi connectivity index (χ3v) is 3.70. The zero-order valence-corrected chi connectivity index (χ0v) is 13.1. The number of hydrogen-bond donors (Lipinski definition) is 3. The summed E-state index contributed by atoms with van der Waals surface area (Å²) in [4.78, 5) is 23.1. The molecule has 2 atom stereocenters. The molecule has 1 rings (SSSR count). The molecule has 5 nitrogen and oxygen atoms in total. The number of carboxylic acid groups (broad SMARTS) is 1. The molecule has 0 saturated heterocycles. The van der Waals surface area contributed by atoms with Crippen molar-refractivity contribution in [3.8, 4) is 0 Å². The second-order valence-corrected chi connectivity index (χ2v) is 5.39. The van der Waals surface area contributed by atoms with E-state index in [1.165, 1.54) is 0 Å². The Morgan fingerprint density at radius 3 is 2.29 bits per heavy atom. The van der Waals surface area contributed by atoms with Crippen LogP contribution in [0, 0.1) is 19.8 Å². The maximum atomic E-state index is 11.9. The second-order valence-electron chi connectivity index (χ2n) is 5.39. The van der Waals surface area contributed by atoms with Crippen molar-refractivity contribution < 1.29 is 14.7 Å². The van der Waals surface area contributed by atoms with Gasteiger partial charge in [0, 0.05) is 5.69 Å². The van der Waals surface area contributed by atoms with Crippen molar-refractivity contribution in [1.82, 2.24) is 5.32 Å². The van der Waals surface area contributed by atoms with Gasteiger partial charge in [-0.1, -0.05) is 38.5 Å². The van der Waals surface area contributed by atoms with Crippen LogP contribution in [0.4, 0.5) is 5.69 Å². The number of carbonyl (C=O) groups is 2. The van der Waals surface area contributed by atoms with Crippen LogP contribution < -0.4 is 10.6 Å². The summed E-state index contributed by atoms with van der Waals surface area (Å²) < 4.78 is 0. The third-order valence-electron chi connectivity index (χ3n) is 3.70. The van der Waals surface area contributed by atoms with E-state index < -0.39 is 12.0 Å². The van der Waals surface area contributed by atoms with E-state index in [0.717, 1.165) is 16.8 Å². The minimum Gasteiger partial charge on any atom is -0.480 e. The van der Waals surface area contributed by atoms with Crippen LogP contribution in [0.1, 0.15) is 31.4 Å². The first kappa shape index (κ1) is 17.0. The summed E-state index contributed by atoms with van der Waals surface area (Å²) in [5, 5.41) is 14.8. The largest absolute Gasteiger partial charge is 0.480 e. The summed E-state index contributed by atoms with van der Waals surface area (Å²) in [6, 6.07) is 5.04. The minimum absolute atomic E-state index is 0.0614. The fourth-order valence-electron chi connectivity index (χ4n) is 2.17.